The Kier molecular flexibility index (Phi) is 1.90. The summed E-state index contributed by atoms with van der Waals surface area (Å²) in [6.45, 7) is 6.14. The minimum absolute atomic E-state index is 0.527. The second-order valence-electron chi connectivity index (χ2n) is 2.82. The highest BCUT2D eigenvalue weighted by atomic mass is 32.2. The number of hydrogen-bond donors (Lipinski definition) is 0. The smallest absolute Gasteiger partial charge is 0.0107 e. The monoisotopic (exact) mass is 142 g/mol. The van der Waals surface area contributed by atoms with Gasteiger partial charge >= 0.3 is 0 Å². The Morgan fingerprint density at radius 3 is 2.33 bits per heavy atom. The van der Waals surface area contributed by atoms with E-state index in [0.29, 0.717) is 5.41 Å². The van der Waals surface area contributed by atoms with E-state index in [1.807, 2.05) is 11.8 Å². The van der Waals surface area contributed by atoms with Crippen LogP contribution in [0.5, 0.6) is 0 Å². The molecule has 1 aliphatic carbocycles. The van der Waals surface area contributed by atoms with Crippen LogP contribution >= 0.6 is 11.8 Å². The van der Waals surface area contributed by atoms with E-state index >= 15 is 0 Å². The molecule has 52 valence electrons. The molecule has 9 heavy (non-hydrogen) atoms. The molecule has 0 aromatic rings. The lowest BCUT2D eigenvalue weighted by Crippen LogP contribution is -2.10. The van der Waals surface area contributed by atoms with Crippen LogP contribution in [0.4, 0.5) is 0 Å². The molecule has 1 aliphatic rings. The molecule has 0 bridgehead atoms. The van der Waals surface area contributed by atoms with Crippen LogP contribution in [0.2, 0.25) is 0 Å². The van der Waals surface area contributed by atoms with Gasteiger partial charge < -0.3 is 0 Å². The number of hydrogen-bond acceptors (Lipinski definition) is 1. The van der Waals surface area contributed by atoms with Crippen molar-refractivity contribution in [3.8, 4) is 0 Å². The Balaban J connectivity index is 2.48. The molecule has 1 atom stereocenters. The highest BCUT2D eigenvalue weighted by Crippen LogP contribution is 2.53. The SMILES string of the molecule is C=CC1(C(C)SC)CC1. The van der Waals surface area contributed by atoms with Gasteiger partial charge in [-0.05, 0) is 24.5 Å². The lowest BCUT2D eigenvalue weighted by molar-refractivity contribution is 0.646. The van der Waals surface area contributed by atoms with Crippen molar-refractivity contribution in [2.24, 2.45) is 5.41 Å². The van der Waals surface area contributed by atoms with E-state index in [2.05, 4.69) is 25.8 Å². The number of thioether (sulfide) groups is 1. The van der Waals surface area contributed by atoms with Crippen molar-refractivity contribution in [3.63, 3.8) is 0 Å². The van der Waals surface area contributed by atoms with Crippen LogP contribution in [0.3, 0.4) is 0 Å². The van der Waals surface area contributed by atoms with Crippen molar-refractivity contribution < 1.29 is 0 Å². The third-order valence-electron chi connectivity index (χ3n) is 2.40. The van der Waals surface area contributed by atoms with Crippen LogP contribution < -0.4 is 0 Å². The van der Waals surface area contributed by atoms with E-state index < -0.39 is 0 Å². The normalized spacial score (nSPS) is 25.1. The van der Waals surface area contributed by atoms with Gasteiger partial charge in [-0.3, -0.25) is 0 Å². The summed E-state index contributed by atoms with van der Waals surface area (Å²) in [4.78, 5) is 0. The Hall–Kier alpha value is 0.0900. The fraction of sp³-hybridized carbons (Fsp3) is 0.750. The second-order valence-corrected chi connectivity index (χ2v) is 3.99. The molecule has 0 aromatic carbocycles. The molecule has 0 aromatic heterocycles. The maximum Gasteiger partial charge on any atom is 0.0107 e. The lowest BCUT2D eigenvalue weighted by atomic mass is 10.0. The fourth-order valence-electron chi connectivity index (χ4n) is 1.16. The first-order valence-electron chi connectivity index (χ1n) is 3.41. The van der Waals surface area contributed by atoms with Gasteiger partial charge in [0.2, 0.25) is 0 Å². The van der Waals surface area contributed by atoms with Gasteiger partial charge in [-0.2, -0.15) is 11.8 Å². The van der Waals surface area contributed by atoms with E-state index in [1.54, 1.807) is 0 Å². The van der Waals surface area contributed by atoms with E-state index in [9.17, 15) is 0 Å². The first kappa shape index (κ1) is 7.20. The summed E-state index contributed by atoms with van der Waals surface area (Å²) in [5.41, 5.74) is 0.527. The first-order chi connectivity index (χ1) is 4.25. The highest BCUT2D eigenvalue weighted by Gasteiger charge is 2.43. The third-order valence-corrected chi connectivity index (χ3v) is 3.57. The summed E-state index contributed by atoms with van der Waals surface area (Å²) in [5, 5.41) is 0.773. The van der Waals surface area contributed by atoms with Gasteiger partial charge in [0.1, 0.15) is 0 Å². The lowest BCUT2D eigenvalue weighted by Gasteiger charge is -2.15. The molecule has 1 heteroatoms. The molecule has 0 amide bonds. The molecule has 1 rings (SSSR count). The van der Waals surface area contributed by atoms with Crippen LogP contribution in [0.1, 0.15) is 19.8 Å². The van der Waals surface area contributed by atoms with Crippen molar-refractivity contribution in [1.29, 1.82) is 0 Å². The first-order valence-corrected chi connectivity index (χ1v) is 4.70. The maximum atomic E-state index is 3.85. The van der Waals surface area contributed by atoms with Gasteiger partial charge in [-0.15, -0.1) is 6.58 Å². The molecule has 0 aliphatic heterocycles. The van der Waals surface area contributed by atoms with Crippen LogP contribution in [0, 0.1) is 5.41 Å². The minimum Gasteiger partial charge on any atom is -0.161 e. The maximum absolute atomic E-state index is 3.85. The van der Waals surface area contributed by atoms with Crippen molar-refractivity contribution >= 4 is 11.8 Å². The second kappa shape index (κ2) is 2.37. The summed E-state index contributed by atoms with van der Waals surface area (Å²) >= 11 is 1.95. The molecule has 1 unspecified atom stereocenters. The Bertz CT molecular complexity index is 114. The average Bonchev–Trinajstić information content (AvgIpc) is 2.66. The largest absolute Gasteiger partial charge is 0.161 e. The molecule has 0 spiro atoms. The van der Waals surface area contributed by atoms with Gasteiger partial charge in [-0.1, -0.05) is 13.0 Å². The highest BCUT2D eigenvalue weighted by molar-refractivity contribution is 7.99. The topological polar surface area (TPSA) is 0 Å². The number of allylic oxidation sites excluding steroid dienone is 1. The molecule has 0 heterocycles. The molecule has 0 nitrogen and oxygen atoms in total. The molecule has 1 saturated carbocycles. The molecule has 1 fully saturated rings. The van der Waals surface area contributed by atoms with E-state index in [4.69, 9.17) is 0 Å². The molecular weight excluding hydrogens is 128 g/mol. The number of rotatable bonds is 3. The minimum atomic E-state index is 0.527. The van der Waals surface area contributed by atoms with Gasteiger partial charge in [0.05, 0.1) is 0 Å². The summed E-state index contributed by atoms with van der Waals surface area (Å²) in [6, 6.07) is 0. The van der Waals surface area contributed by atoms with E-state index in [1.165, 1.54) is 12.8 Å². The molecule has 0 N–H and O–H groups in total. The summed E-state index contributed by atoms with van der Waals surface area (Å²) in [6.07, 6.45) is 7.03. The van der Waals surface area contributed by atoms with Gasteiger partial charge in [0.15, 0.2) is 0 Å². The summed E-state index contributed by atoms with van der Waals surface area (Å²) < 4.78 is 0. The van der Waals surface area contributed by atoms with Crippen molar-refractivity contribution in [1.82, 2.24) is 0 Å². The Labute approximate surface area is 61.7 Å². The predicted octanol–water partition coefficient (Wildman–Crippen LogP) is 2.70. The van der Waals surface area contributed by atoms with E-state index in [-0.39, 0.29) is 0 Å². The Morgan fingerprint density at radius 2 is 2.22 bits per heavy atom. The van der Waals surface area contributed by atoms with Crippen LogP contribution in [0.25, 0.3) is 0 Å². The molecular formula is C8H14S. The Morgan fingerprint density at radius 1 is 1.67 bits per heavy atom. The zero-order valence-electron chi connectivity index (χ0n) is 6.18. The average molecular weight is 142 g/mol. The zero-order valence-corrected chi connectivity index (χ0v) is 7.00. The molecule has 0 saturated heterocycles. The van der Waals surface area contributed by atoms with Crippen LogP contribution in [0.15, 0.2) is 12.7 Å². The van der Waals surface area contributed by atoms with Crippen LogP contribution in [-0.2, 0) is 0 Å². The van der Waals surface area contributed by atoms with Gasteiger partial charge in [-0.25, -0.2) is 0 Å². The quantitative estimate of drug-likeness (QED) is 0.546. The van der Waals surface area contributed by atoms with Crippen molar-refractivity contribution in [2.45, 2.75) is 25.0 Å². The van der Waals surface area contributed by atoms with Crippen LogP contribution in [-0.4, -0.2) is 11.5 Å². The third kappa shape index (κ3) is 1.16. The van der Waals surface area contributed by atoms with Crippen molar-refractivity contribution in [3.05, 3.63) is 12.7 Å². The molecule has 0 radical (unpaired) electrons. The van der Waals surface area contributed by atoms with E-state index in [0.717, 1.165) is 5.25 Å². The standard InChI is InChI=1S/C8H14S/c1-4-8(5-6-8)7(2)9-3/h4,7H,1,5-6H2,2-3H3. The predicted molar refractivity (Wildman–Crippen MR) is 44.8 cm³/mol. The van der Waals surface area contributed by atoms with Gasteiger partial charge in [0, 0.05) is 5.25 Å². The van der Waals surface area contributed by atoms with Gasteiger partial charge in [0.25, 0.3) is 0 Å². The van der Waals surface area contributed by atoms with Crippen molar-refractivity contribution in [2.75, 3.05) is 6.26 Å². The summed E-state index contributed by atoms with van der Waals surface area (Å²) in [7, 11) is 0. The fourth-order valence-corrected chi connectivity index (χ4v) is 1.96. The zero-order chi connectivity index (χ0) is 6.91. The summed E-state index contributed by atoms with van der Waals surface area (Å²) in [5.74, 6) is 0.